The van der Waals surface area contributed by atoms with Crippen molar-refractivity contribution in [2.75, 3.05) is 5.73 Å². The van der Waals surface area contributed by atoms with Gasteiger partial charge in [-0.1, -0.05) is 12.1 Å². The SMILES string of the molecule is Nc1nc2n(n1)C(c1ccc(SC(F)(F)F)cc1)CCC2. The van der Waals surface area contributed by atoms with Crippen LogP contribution in [0.2, 0.25) is 0 Å². The van der Waals surface area contributed by atoms with E-state index in [0.29, 0.717) is 0 Å². The first-order valence-electron chi connectivity index (χ1n) is 6.49. The zero-order valence-corrected chi connectivity index (χ0v) is 11.8. The van der Waals surface area contributed by atoms with Gasteiger partial charge in [0, 0.05) is 11.3 Å². The van der Waals surface area contributed by atoms with E-state index in [0.717, 1.165) is 30.7 Å². The molecule has 0 fully saturated rings. The molecule has 2 heterocycles. The minimum Gasteiger partial charge on any atom is -0.366 e. The molecule has 3 rings (SSSR count). The molecule has 0 radical (unpaired) electrons. The highest BCUT2D eigenvalue weighted by Gasteiger charge is 2.29. The highest BCUT2D eigenvalue weighted by atomic mass is 32.2. The van der Waals surface area contributed by atoms with Gasteiger partial charge in [-0.25, -0.2) is 4.68 Å². The van der Waals surface area contributed by atoms with Crippen LogP contribution in [0, 0.1) is 0 Å². The third-order valence-corrected chi connectivity index (χ3v) is 4.13. The first-order valence-corrected chi connectivity index (χ1v) is 7.30. The summed E-state index contributed by atoms with van der Waals surface area (Å²) in [6.45, 7) is 0. The Bertz CT molecular complexity index is 636. The van der Waals surface area contributed by atoms with E-state index >= 15 is 0 Å². The Kier molecular flexibility index (Phi) is 3.56. The maximum atomic E-state index is 12.3. The van der Waals surface area contributed by atoms with E-state index in [1.165, 1.54) is 12.1 Å². The molecule has 2 aromatic rings. The maximum absolute atomic E-state index is 12.3. The standard InChI is InChI=1S/C13H13F3N4S/c14-13(15,16)21-9-6-4-8(5-7-9)10-2-1-3-11-18-12(17)19-20(10)11/h4-7,10H,1-3H2,(H2,17,19). The fourth-order valence-corrected chi connectivity index (χ4v) is 3.11. The molecule has 21 heavy (non-hydrogen) atoms. The zero-order chi connectivity index (χ0) is 15.0. The highest BCUT2D eigenvalue weighted by molar-refractivity contribution is 8.00. The minimum absolute atomic E-state index is 0.0107. The number of hydrogen-bond acceptors (Lipinski definition) is 4. The van der Waals surface area contributed by atoms with Gasteiger partial charge >= 0.3 is 5.51 Å². The summed E-state index contributed by atoms with van der Waals surface area (Å²) in [5.74, 6) is 1.07. The number of hydrogen-bond donors (Lipinski definition) is 1. The van der Waals surface area contributed by atoms with E-state index < -0.39 is 5.51 Å². The van der Waals surface area contributed by atoms with Gasteiger partial charge in [-0.2, -0.15) is 18.2 Å². The number of alkyl halides is 3. The normalized spacial score (nSPS) is 18.5. The third kappa shape index (κ3) is 3.15. The second-order valence-electron chi connectivity index (χ2n) is 4.86. The van der Waals surface area contributed by atoms with Crippen molar-refractivity contribution < 1.29 is 13.2 Å². The minimum atomic E-state index is -4.26. The summed E-state index contributed by atoms with van der Waals surface area (Å²) in [5, 5.41) is 4.19. The molecule has 0 spiro atoms. The number of fused-ring (bicyclic) bond motifs is 1. The van der Waals surface area contributed by atoms with Gasteiger partial charge in [0.2, 0.25) is 5.95 Å². The van der Waals surface area contributed by atoms with E-state index in [2.05, 4.69) is 10.1 Å². The fraction of sp³-hybridized carbons (Fsp3) is 0.385. The van der Waals surface area contributed by atoms with Gasteiger partial charge in [0.05, 0.1) is 6.04 Å². The lowest BCUT2D eigenvalue weighted by Crippen LogP contribution is -2.20. The van der Waals surface area contributed by atoms with Crippen LogP contribution in [0.25, 0.3) is 0 Å². The lowest BCUT2D eigenvalue weighted by molar-refractivity contribution is -0.0328. The second kappa shape index (κ2) is 5.25. The molecule has 1 aromatic heterocycles. The Morgan fingerprint density at radius 1 is 1.24 bits per heavy atom. The molecule has 0 aliphatic carbocycles. The number of aromatic nitrogens is 3. The molecule has 1 unspecified atom stereocenters. The summed E-state index contributed by atoms with van der Waals surface area (Å²) in [5.41, 5.74) is 2.28. The Labute approximate surface area is 123 Å². The van der Waals surface area contributed by atoms with Gasteiger partial charge in [-0.05, 0) is 42.3 Å². The van der Waals surface area contributed by atoms with Crippen LogP contribution in [0.15, 0.2) is 29.2 Å². The Morgan fingerprint density at radius 2 is 1.95 bits per heavy atom. The molecule has 8 heteroatoms. The molecule has 0 saturated carbocycles. The molecule has 1 aliphatic heterocycles. The van der Waals surface area contributed by atoms with Crippen LogP contribution in [0.1, 0.15) is 30.3 Å². The van der Waals surface area contributed by atoms with Crippen LogP contribution in [0.3, 0.4) is 0 Å². The predicted molar refractivity (Wildman–Crippen MR) is 73.9 cm³/mol. The molecule has 0 bridgehead atoms. The number of nitrogen functional groups attached to an aromatic ring is 1. The number of aryl methyl sites for hydroxylation is 1. The van der Waals surface area contributed by atoms with Crippen LogP contribution in [-0.2, 0) is 6.42 Å². The van der Waals surface area contributed by atoms with Crippen LogP contribution in [-0.4, -0.2) is 20.3 Å². The van der Waals surface area contributed by atoms with Crippen molar-refractivity contribution >= 4 is 17.7 Å². The van der Waals surface area contributed by atoms with Crippen LogP contribution in [0.4, 0.5) is 19.1 Å². The number of nitrogens with zero attached hydrogens (tertiary/aromatic N) is 3. The van der Waals surface area contributed by atoms with E-state index in [1.54, 1.807) is 16.8 Å². The first-order chi connectivity index (χ1) is 9.92. The molecule has 2 N–H and O–H groups in total. The van der Waals surface area contributed by atoms with Crippen molar-refractivity contribution in [3.8, 4) is 0 Å². The molecular formula is C13H13F3N4S. The van der Waals surface area contributed by atoms with Gasteiger partial charge in [-0.3, -0.25) is 0 Å². The summed E-state index contributed by atoms with van der Waals surface area (Å²) in [4.78, 5) is 4.35. The summed E-state index contributed by atoms with van der Waals surface area (Å²) >= 11 is -0.109. The zero-order valence-electron chi connectivity index (χ0n) is 11.0. The number of halogens is 3. The highest BCUT2D eigenvalue weighted by Crippen LogP contribution is 2.38. The summed E-state index contributed by atoms with van der Waals surface area (Å²) in [6.07, 6.45) is 2.66. The predicted octanol–water partition coefficient (Wildman–Crippen LogP) is 3.40. The van der Waals surface area contributed by atoms with Crippen molar-refractivity contribution in [1.29, 1.82) is 0 Å². The molecule has 4 nitrogen and oxygen atoms in total. The van der Waals surface area contributed by atoms with Gasteiger partial charge in [0.25, 0.3) is 0 Å². The smallest absolute Gasteiger partial charge is 0.366 e. The number of thioether (sulfide) groups is 1. The van der Waals surface area contributed by atoms with Crippen molar-refractivity contribution in [3.63, 3.8) is 0 Å². The molecule has 1 atom stereocenters. The number of nitrogens with two attached hydrogens (primary N) is 1. The number of anilines is 1. The lowest BCUT2D eigenvalue weighted by atomic mass is 9.98. The van der Waals surface area contributed by atoms with Gasteiger partial charge < -0.3 is 5.73 Å². The van der Waals surface area contributed by atoms with Crippen molar-refractivity contribution in [3.05, 3.63) is 35.7 Å². The van der Waals surface area contributed by atoms with Crippen molar-refractivity contribution in [2.24, 2.45) is 0 Å². The van der Waals surface area contributed by atoms with Crippen LogP contribution >= 0.6 is 11.8 Å². The summed E-state index contributed by atoms with van der Waals surface area (Å²) < 4.78 is 38.8. The van der Waals surface area contributed by atoms with Crippen molar-refractivity contribution in [2.45, 2.75) is 35.7 Å². The largest absolute Gasteiger partial charge is 0.446 e. The second-order valence-corrected chi connectivity index (χ2v) is 5.99. The van der Waals surface area contributed by atoms with Gasteiger partial charge in [0.15, 0.2) is 0 Å². The number of rotatable bonds is 2. The Hall–Kier alpha value is -1.70. The molecule has 1 aliphatic rings. The van der Waals surface area contributed by atoms with E-state index in [4.69, 9.17) is 5.73 Å². The van der Waals surface area contributed by atoms with Crippen LogP contribution in [0.5, 0.6) is 0 Å². The fourth-order valence-electron chi connectivity index (χ4n) is 2.57. The molecule has 1 aromatic carbocycles. The monoisotopic (exact) mass is 314 g/mol. The first kappa shape index (κ1) is 14.2. The average Bonchev–Trinajstić information content (AvgIpc) is 2.78. The van der Waals surface area contributed by atoms with Gasteiger partial charge in [-0.15, -0.1) is 5.10 Å². The topological polar surface area (TPSA) is 56.7 Å². The summed E-state index contributed by atoms with van der Waals surface area (Å²) in [6, 6.07) is 6.39. The average molecular weight is 314 g/mol. The van der Waals surface area contributed by atoms with E-state index in [-0.39, 0.29) is 28.6 Å². The Morgan fingerprint density at radius 3 is 2.62 bits per heavy atom. The molecular weight excluding hydrogens is 301 g/mol. The quantitative estimate of drug-likeness (QED) is 0.863. The third-order valence-electron chi connectivity index (χ3n) is 3.39. The maximum Gasteiger partial charge on any atom is 0.446 e. The summed E-state index contributed by atoms with van der Waals surface area (Å²) in [7, 11) is 0. The van der Waals surface area contributed by atoms with Crippen LogP contribution < -0.4 is 5.73 Å². The van der Waals surface area contributed by atoms with Crippen molar-refractivity contribution in [1.82, 2.24) is 14.8 Å². The number of benzene rings is 1. The van der Waals surface area contributed by atoms with E-state index in [9.17, 15) is 13.2 Å². The molecule has 0 saturated heterocycles. The molecule has 112 valence electrons. The lowest BCUT2D eigenvalue weighted by Gasteiger charge is -2.23. The van der Waals surface area contributed by atoms with E-state index in [1.807, 2.05) is 0 Å². The Balaban J connectivity index is 1.85. The van der Waals surface area contributed by atoms with Gasteiger partial charge in [0.1, 0.15) is 5.82 Å². The molecule has 0 amide bonds.